The molecule has 1 fully saturated rings. The number of nitrogens with zero attached hydrogens (tertiary/aromatic N) is 1. The monoisotopic (exact) mass is 329 g/mol. The topological polar surface area (TPSA) is 29.5 Å². The highest BCUT2D eigenvalue weighted by molar-refractivity contribution is 7.09. The molecule has 3 nitrogen and oxygen atoms in total. The Labute approximate surface area is 141 Å². The van der Waals surface area contributed by atoms with Crippen molar-refractivity contribution >= 4 is 17.2 Å². The van der Waals surface area contributed by atoms with Crippen molar-refractivity contribution in [2.45, 2.75) is 38.1 Å². The number of thiophene rings is 1. The van der Waals surface area contributed by atoms with Crippen molar-refractivity contribution in [1.82, 2.24) is 4.90 Å². The number of amides is 1. The molecule has 0 radical (unpaired) electrons. The average Bonchev–Trinajstić information content (AvgIpc) is 3.26. The Morgan fingerprint density at radius 1 is 1.30 bits per heavy atom. The molecule has 1 aromatic carbocycles. The first-order chi connectivity index (χ1) is 11.3. The molecule has 0 saturated carbocycles. The van der Waals surface area contributed by atoms with E-state index in [1.807, 2.05) is 12.1 Å². The van der Waals surface area contributed by atoms with Crippen LogP contribution in [0.1, 0.15) is 42.2 Å². The summed E-state index contributed by atoms with van der Waals surface area (Å²) < 4.78 is 5.22. The van der Waals surface area contributed by atoms with E-state index in [4.69, 9.17) is 4.74 Å². The smallest absolute Gasteiger partial charge is 0.223 e. The molecule has 2 heterocycles. The van der Waals surface area contributed by atoms with Gasteiger partial charge in [0.1, 0.15) is 5.75 Å². The molecule has 1 aliphatic heterocycles. The van der Waals surface area contributed by atoms with Crippen molar-refractivity contribution in [2.24, 2.45) is 0 Å². The third-order valence-corrected chi connectivity index (χ3v) is 5.40. The van der Waals surface area contributed by atoms with Gasteiger partial charge in [-0.1, -0.05) is 18.2 Å². The average molecular weight is 329 g/mol. The summed E-state index contributed by atoms with van der Waals surface area (Å²) in [6.07, 6.45) is 4.73. The number of benzene rings is 1. The van der Waals surface area contributed by atoms with Crippen molar-refractivity contribution in [1.29, 1.82) is 0 Å². The van der Waals surface area contributed by atoms with Crippen LogP contribution in [0.2, 0.25) is 0 Å². The molecule has 2 aromatic rings. The van der Waals surface area contributed by atoms with E-state index in [0.29, 0.717) is 12.3 Å². The molecule has 1 unspecified atom stereocenters. The highest BCUT2D eigenvalue weighted by Crippen LogP contribution is 2.33. The fraction of sp³-hybridized carbons (Fsp3) is 0.421. The SMILES string of the molecule is COc1ccc(C2CCCN2C(=O)CCCc2cccs2)cc1. The van der Waals surface area contributed by atoms with E-state index >= 15 is 0 Å². The van der Waals surface area contributed by atoms with Gasteiger partial charge in [0, 0.05) is 17.8 Å². The Morgan fingerprint density at radius 3 is 2.83 bits per heavy atom. The minimum atomic E-state index is 0.232. The molecule has 3 rings (SSSR count). The maximum Gasteiger partial charge on any atom is 0.223 e. The van der Waals surface area contributed by atoms with E-state index in [-0.39, 0.29) is 6.04 Å². The molecular formula is C19H23NO2S. The van der Waals surface area contributed by atoms with Crippen LogP contribution < -0.4 is 4.74 Å². The Kier molecular flexibility index (Phi) is 5.34. The van der Waals surface area contributed by atoms with Crippen LogP contribution in [0, 0.1) is 0 Å². The fourth-order valence-electron chi connectivity index (χ4n) is 3.25. The van der Waals surface area contributed by atoms with E-state index in [2.05, 4.69) is 34.5 Å². The highest BCUT2D eigenvalue weighted by Gasteiger charge is 2.29. The van der Waals surface area contributed by atoms with E-state index in [1.165, 1.54) is 10.4 Å². The van der Waals surface area contributed by atoms with Gasteiger partial charge in [0.05, 0.1) is 13.2 Å². The number of hydrogen-bond acceptors (Lipinski definition) is 3. The van der Waals surface area contributed by atoms with Crippen molar-refractivity contribution in [3.63, 3.8) is 0 Å². The molecule has 0 aliphatic carbocycles. The Balaban J connectivity index is 1.57. The van der Waals surface area contributed by atoms with Crippen LogP contribution >= 0.6 is 11.3 Å². The Bertz CT molecular complexity index is 621. The summed E-state index contributed by atoms with van der Waals surface area (Å²) in [4.78, 5) is 16.0. The van der Waals surface area contributed by atoms with E-state index in [0.717, 1.165) is 38.0 Å². The lowest BCUT2D eigenvalue weighted by atomic mass is 10.0. The van der Waals surface area contributed by atoms with E-state index in [9.17, 15) is 4.79 Å². The molecule has 1 saturated heterocycles. The number of aryl methyl sites for hydroxylation is 1. The predicted molar refractivity (Wildman–Crippen MR) is 93.9 cm³/mol. The van der Waals surface area contributed by atoms with Crippen LogP contribution in [-0.4, -0.2) is 24.5 Å². The zero-order chi connectivity index (χ0) is 16.1. The zero-order valence-corrected chi connectivity index (χ0v) is 14.3. The number of rotatable bonds is 6. The first-order valence-corrected chi connectivity index (χ1v) is 9.11. The number of hydrogen-bond donors (Lipinski definition) is 0. The first-order valence-electron chi connectivity index (χ1n) is 8.24. The summed E-state index contributed by atoms with van der Waals surface area (Å²) in [6, 6.07) is 12.6. The van der Waals surface area contributed by atoms with Crippen molar-refractivity contribution in [3.8, 4) is 5.75 Å². The van der Waals surface area contributed by atoms with Crippen LogP contribution in [0.25, 0.3) is 0 Å². The van der Waals surface area contributed by atoms with Gasteiger partial charge in [-0.15, -0.1) is 11.3 Å². The Hall–Kier alpha value is -1.81. The molecular weight excluding hydrogens is 306 g/mol. The van der Waals surface area contributed by atoms with Crippen LogP contribution in [0.5, 0.6) is 5.75 Å². The first kappa shape index (κ1) is 16.1. The maximum absolute atomic E-state index is 12.6. The molecule has 0 N–H and O–H groups in total. The summed E-state index contributed by atoms with van der Waals surface area (Å²) in [5.41, 5.74) is 1.22. The van der Waals surface area contributed by atoms with Gasteiger partial charge in [0.2, 0.25) is 5.91 Å². The number of carbonyl (C=O) groups is 1. The lowest BCUT2D eigenvalue weighted by molar-refractivity contribution is -0.132. The van der Waals surface area contributed by atoms with Gasteiger partial charge < -0.3 is 9.64 Å². The van der Waals surface area contributed by atoms with Crippen LogP contribution in [-0.2, 0) is 11.2 Å². The summed E-state index contributed by atoms with van der Waals surface area (Å²) in [5.74, 6) is 1.15. The van der Waals surface area contributed by atoms with Gasteiger partial charge in [-0.05, 0) is 54.8 Å². The molecule has 122 valence electrons. The number of likely N-dealkylation sites (tertiary alicyclic amines) is 1. The van der Waals surface area contributed by atoms with Crippen molar-refractivity contribution in [2.75, 3.05) is 13.7 Å². The number of carbonyl (C=O) groups excluding carboxylic acids is 1. The van der Waals surface area contributed by atoms with E-state index in [1.54, 1.807) is 18.4 Å². The predicted octanol–water partition coefficient (Wildman–Crippen LogP) is 4.44. The van der Waals surface area contributed by atoms with Crippen molar-refractivity contribution < 1.29 is 9.53 Å². The molecule has 1 aromatic heterocycles. The quantitative estimate of drug-likeness (QED) is 0.784. The molecule has 1 aliphatic rings. The maximum atomic E-state index is 12.6. The molecule has 4 heteroatoms. The van der Waals surface area contributed by atoms with Crippen molar-refractivity contribution in [3.05, 3.63) is 52.2 Å². The van der Waals surface area contributed by atoms with Crippen LogP contribution in [0.15, 0.2) is 41.8 Å². The second kappa shape index (κ2) is 7.64. The zero-order valence-electron chi connectivity index (χ0n) is 13.5. The standard InChI is InChI=1S/C19H23NO2S/c1-22-16-11-9-15(10-12-16)18-7-3-13-20(18)19(21)8-2-5-17-6-4-14-23-17/h4,6,9-12,14,18H,2-3,5,7-8,13H2,1H3. The van der Waals surface area contributed by atoms with Gasteiger partial charge >= 0.3 is 0 Å². The minimum Gasteiger partial charge on any atom is -0.497 e. The van der Waals surface area contributed by atoms with Gasteiger partial charge in [0.25, 0.3) is 0 Å². The lowest BCUT2D eigenvalue weighted by Crippen LogP contribution is -2.30. The molecule has 23 heavy (non-hydrogen) atoms. The van der Waals surface area contributed by atoms with Gasteiger partial charge in [0.15, 0.2) is 0 Å². The molecule has 1 amide bonds. The normalized spacial score (nSPS) is 17.4. The Morgan fingerprint density at radius 2 is 2.13 bits per heavy atom. The lowest BCUT2D eigenvalue weighted by Gasteiger charge is -2.25. The minimum absolute atomic E-state index is 0.232. The fourth-order valence-corrected chi connectivity index (χ4v) is 4.00. The second-order valence-electron chi connectivity index (χ2n) is 5.95. The molecule has 1 atom stereocenters. The van der Waals surface area contributed by atoms with Crippen LogP contribution in [0.3, 0.4) is 0 Å². The van der Waals surface area contributed by atoms with Gasteiger partial charge in [-0.3, -0.25) is 4.79 Å². The number of methoxy groups -OCH3 is 1. The number of ether oxygens (including phenoxy) is 1. The van der Waals surface area contributed by atoms with Gasteiger partial charge in [-0.2, -0.15) is 0 Å². The summed E-state index contributed by atoms with van der Waals surface area (Å²) >= 11 is 1.77. The third kappa shape index (κ3) is 3.94. The summed E-state index contributed by atoms with van der Waals surface area (Å²) in [6.45, 7) is 0.883. The van der Waals surface area contributed by atoms with Gasteiger partial charge in [-0.25, -0.2) is 0 Å². The second-order valence-corrected chi connectivity index (χ2v) is 6.98. The largest absolute Gasteiger partial charge is 0.497 e. The summed E-state index contributed by atoms with van der Waals surface area (Å²) in [5, 5.41) is 2.09. The summed E-state index contributed by atoms with van der Waals surface area (Å²) in [7, 11) is 1.67. The molecule has 0 spiro atoms. The van der Waals surface area contributed by atoms with E-state index < -0.39 is 0 Å². The third-order valence-electron chi connectivity index (χ3n) is 4.47. The molecule has 0 bridgehead atoms. The highest BCUT2D eigenvalue weighted by atomic mass is 32.1. The van der Waals surface area contributed by atoms with Crippen LogP contribution in [0.4, 0.5) is 0 Å².